The highest BCUT2D eigenvalue weighted by molar-refractivity contribution is 9.10. The second kappa shape index (κ2) is 18.3. The zero-order valence-corrected chi connectivity index (χ0v) is 29.4. The molecule has 0 atom stereocenters. The van der Waals surface area contributed by atoms with Gasteiger partial charge in [0.25, 0.3) is 0 Å². The van der Waals surface area contributed by atoms with Gasteiger partial charge in [0.05, 0.1) is 37.8 Å². The van der Waals surface area contributed by atoms with Crippen LogP contribution in [-0.2, 0) is 9.59 Å². The first-order valence-corrected chi connectivity index (χ1v) is 16.2. The number of rotatable bonds is 14. The predicted octanol–water partition coefficient (Wildman–Crippen LogP) is 6.44. The monoisotopic (exact) mass is 792 g/mol. The minimum absolute atomic E-state index is 0.0559. The van der Waals surface area contributed by atoms with Crippen molar-refractivity contribution in [1.29, 1.82) is 0 Å². The zero-order valence-electron chi connectivity index (χ0n) is 26.3. The number of nitrogens with zero attached hydrogens (tertiary/aromatic N) is 2. The molecule has 2 N–H and O–H groups in total. The molecular weight excluding hydrogens is 764 g/mol. The molecule has 0 spiro atoms. The van der Waals surface area contributed by atoms with Crippen LogP contribution in [0.1, 0.15) is 51.1 Å². The highest BCUT2D eigenvalue weighted by atomic mass is 79.9. The number of methoxy groups -OCH3 is 2. The van der Waals surface area contributed by atoms with E-state index in [1.807, 2.05) is 0 Å². The standard InChI is InChI=1S/C35H30Br2N4O8/c1-46-30-18-22(6-16-28(30)48-34(44)24-8-12-26(36)13-9-24)20-38-40-32(42)4-3-5-33(43)41-39-21-23-7-17-29(31(19-23)47-2)49-35(45)25-10-14-27(37)15-11-25/h6-21H,3-5H2,1-2H3,(H,40,42)(H,41,43). The minimum Gasteiger partial charge on any atom is -0.493 e. The lowest BCUT2D eigenvalue weighted by molar-refractivity contribution is -0.122. The number of benzene rings is 4. The van der Waals surface area contributed by atoms with Gasteiger partial charge in [-0.2, -0.15) is 10.2 Å². The highest BCUT2D eigenvalue weighted by Gasteiger charge is 2.14. The van der Waals surface area contributed by atoms with Crippen LogP contribution in [0.2, 0.25) is 0 Å². The number of esters is 2. The molecule has 0 aliphatic rings. The Bertz CT molecular complexity index is 1730. The quantitative estimate of drug-likeness (QED) is 0.0641. The van der Waals surface area contributed by atoms with Gasteiger partial charge in [-0.25, -0.2) is 20.4 Å². The fraction of sp³-hybridized carbons (Fsp3) is 0.143. The van der Waals surface area contributed by atoms with Crippen LogP contribution in [0.15, 0.2) is 104 Å². The van der Waals surface area contributed by atoms with Crippen LogP contribution in [0.3, 0.4) is 0 Å². The molecule has 0 fully saturated rings. The van der Waals surface area contributed by atoms with Gasteiger partial charge in [-0.05, 0) is 102 Å². The van der Waals surface area contributed by atoms with Gasteiger partial charge in [0, 0.05) is 21.8 Å². The summed E-state index contributed by atoms with van der Waals surface area (Å²) in [4.78, 5) is 49.3. The van der Waals surface area contributed by atoms with Crippen LogP contribution in [0.25, 0.3) is 0 Å². The lowest BCUT2D eigenvalue weighted by atomic mass is 10.2. The molecule has 14 heteroatoms. The summed E-state index contributed by atoms with van der Waals surface area (Å²) in [5.41, 5.74) is 6.77. The van der Waals surface area contributed by atoms with E-state index in [0.29, 0.717) is 33.8 Å². The average molecular weight is 794 g/mol. The molecule has 49 heavy (non-hydrogen) atoms. The SMILES string of the molecule is COc1cc(C=NNC(=O)CCCC(=O)NN=Cc2ccc(OC(=O)c3ccc(Br)cc3)c(OC)c2)ccc1OC(=O)c1ccc(Br)cc1. The molecule has 4 aromatic carbocycles. The third kappa shape index (κ3) is 11.4. The molecule has 0 saturated carbocycles. The first-order valence-electron chi connectivity index (χ1n) is 14.6. The molecule has 0 aromatic heterocycles. The van der Waals surface area contributed by atoms with Crippen molar-refractivity contribution in [2.75, 3.05) is 14.2 Å². The van der Waals surface area contributed by atoms with E-state index in [9.17, 15) is 19.2 Å². The van der Waals surface area contributed by atoms with Gasteiger partial charge in [0.2, 0.25) is 11.8 Å². The van der Waals surface area contributed by atoms with Crippen molar-refractivity contribution in [2.45, 2.75) is 19.3 Å². The third-order valence-corrected chi connectivity index (χ3v) is 7.61. The molecule has 2 amide bonds. The molecule has 0 heterocycles. The third-order valence-electron chi connectivity index (χ3n) is 6.55. The van der Waals surface area contributed by atoms with Crippen molar-refractivity contribution < 1.29 is 38.1 Å². The van der Waals surface area contributed by atoms with Crippen LogP contribution in [0, 0.1) is 0 Å². The first-order chi connectivity index (χ1) is 23.6. The molecule has 0 bridgehead atoms. The maximum absolute atomic E-state index is 12.4. The van der Waals surface area contributed by atoms with Crippen LogP contribution in [0.5, 0.6) is 23.0 Å². The van der Waals surface area contributed by atoms with E-state index >= 15 is 0 Å². The van der Waals surface area contributed by atoms with E-state index in [-0.39, 0.29) is 42.6 Å². The van der Waals surface area contributed by atoms with E-state index in [2.05, 4.69) is 52.9 Å². The van der Waals surface area contributed by atoms with E-state index in [4.69, 9.17) is 18.9 Å². The Morgan fingerprint density at radius 3 is 1.35 bits per heavy atom. The van der Waals surface area contributed by atoms with Crippen molar-refractivity contribution in [3.63, 3.8) is 0 Å². The normalized spacial score (nSPS) is 10.9. The van der Waals surface area contributed by atoms with E-state index in [1.165, 1.54) is 26.6 Å². The molecule has 252 valence electrons. The maximum Gasteiger partial charge on any atom is 0.343 e. The summed E-state index contributed by atoms with van der Waals surface area (Å²) in [6.45, 7) is 0. The fourth-order valence-electron chi connectivity index (χ4n) is 4.07. The van der Waals surface area contributed by atoms with Gasteiger partial charge < -0.3 is 18.9 Å². The van der Waals surface area contributed by atoms with Gasteiger partial charge >= 0.3 is 11.9 Å². The number of nitrogens with one attached hydrogen (secondary N) is 2. The Labute approximate surface area is 298 Å². The van der Waals surface area contributed by atoms with Gasteiger partial charge in [0.1, 0.15) is 0 Å². The van der Waals surface area contributed by atoms with Crippen molar-refractivity contribution in [3.05, 3.63) is 116 Å². The summed E-state index contributed by atoms with van der Waals surface area (Å²) in [5.74, 6) is -0.762. The number of carbonyl (C=O) groups is 4. The van der Waals surface area contributed by atoms with Crippen LogP contribution in [-0.4, -0.2) is 50.4 Å². The van der Waals surface area contributed by atoms with Crippen LogP contribution in [0.4, 0.5) is 0 Å². The Balaban J connectivity index is 1.18. The smallest absolute Gasteiger partial charge is 0.343 e. The number of halogens is 2. The first kappa shape index (κ1) is 36.5. The number of amides is 2. The average Bonchev–Trinajstić information content (AvgIpc) is 3.09. The zero-order chi connectivity index (χ0) is 35.2. The largest absolute Gasteiger partial charge is 0.493 e. The molecule has 4 aromatic rings. The number of carbonyl (C=O) groups excluding carboxylic acids is 4. The molecular formula is C35H30Br2N4O8. The summed E-state index contributed by atoms with van der Waals surface area (Å²) in [5, 5.41) is 7.89. The van der Waals surface area contributed by atoms with Gasteiger partial charge in [-0.1, -0.05) is 31.9 Å². The molecule has 0 saturated heterocycles. The Morgan fingerprint density at radius 1 is 0.592 bits per heavy atom. The molecule has 0 unspecified atom stereocenters. The Hall–Kier alpha value is -5.34. The second-order valence-corrected chi connectivity index (χ2v) is 11.9. The van der Waals surface area contributed by atoms with Crippen molar-refractivity contribution >= 4 is 68.0 Å². The number of hydrazone groups is 2. The molecule has 4 rings (SSSR count). The van der Waals surface area contributed by atoms with Crippen LogP contribution < -0.4 is 29.8 Å². The molecule has 0 aliphatic heterocycles. The molecule has 12 nitrogen and oxygen atoms in total. The van der Waals surface area contributed by atoms with Gasteiger partial charge in [-0.15, -0.1) is 0 Å². The predicted molar refractivity (Wildman–Crippen MR) is 190 cm³/mol. The summed E-state index contributed by atoms with van der Waals surface area (Å²) < 4.78 is 23.3. The number of ether oxygens (including phenoxy) is 4. The summed E-state index contributed by atoms with van der Waals surface area (Å²) in [6, 6.07) is 23.1. The Kier molecular flexibility index (Phi) is 13.6. The van der Waals surface area contributed by atoms with E-state index in [0.717, 1.165) is 8.95 Å². The lowest BCUT2D eigenvalue weighted by Gasteiger charge is -2.10. The highest BCUT2D eigenvalue weighted by Crippen LogP contribution is 2.30. The van der Waals surface area contributed by atoms with Crippen molar-refractivity contribution in [1.82, 2.24) is 10.9 Å². The van der Waals surface area contributed by atoms with Crippen molar-refractivity contribution in [2.24, 2.45) is 10.2 Å². The van der Waals surface area contributed by atoms with E-state index in [1.54, 1.807) is 84.9 Å². The summed E-state index contributed by atoms with van der Waals surface area (Å²) in [7, 11) is 2.88. The minimum atomic E-state index is -0.537. The van der Waals surface area contributed by atoms with Gasteiger partial charge in [-0.3, -0.25) is 9.59 Å². The molecule has 0 radical (unpaired) electrons. The topological polar surface area (TPSA) is 154 Å². The molecule has 0 aliphatic carbocycles. The summed E-state index contributed by atoms with van der Waals surface area (Å²) >= 11 is 6.65. The van der Waals surface area contributed by atoms with Crippen molar-refractivity contribution in [3.8, 4) is 23.0 Å². The number of hydrogen-bond acceptors (Lipinski definition) is 10. The Morgan fingerprint density at radius 2 is 0.980 bits per heavy atom. The fourth-order valence-corrected chi connectivity index (χ4v) is 4.59. The number of hydrogen-bond donors (Lipinski definition) is 2. The van der Waals surface area contributed by atoms with Gasteiger partial charge in [0.15, 0.2) is 23.0 Å². The second-order valence-electron chi connectivity index (χ2n) is 10.1. The maximum atomic E-state index is 12.4. The summed E-state index contributed by atoms with van der Waals surface area (Å²) in [6.07, 6.45) is 3.20. The lowest BCUT2D eigenvalue weighted by Crippen LogP contribution is -2.20. The van der Waals surface area contributed by atoms with E-state index < -0.39 is 11.9 Å². The van der Waals surface area contributed by atoms with Crippen LogP contribution >= 0.6 is 31.9 Å².